The highest BCUT2D eigenvalue weighted by Gasteiger charge is 2.26. The molecule has 19 heavy (non-hydrogen) atoms. The van der Waals surface area contributed by atoms with Crippen molar-refractivity contribution in [3.05, 3.63) is 63.7 Å². The first-order valence-corrected chi connectivity index (χ1v) is 6.43. The van der Waals surface area contributed by atoms with E-state index in [-0.39, 0.29) is 6.04 Å². The van der Waals surface area contributed by atoms with E-state index >= 15 is 0 Å². The lowest BCUT2D eigenvalue weighted by Gasteiger charge is -2.13. The lowest BCUT2D eigenvalue weighted by Crippen LogP contribution is -2.08. The molecule has 0 spiro atoms. The van der Waals surface area contributed by atoms with E-state index in [0.717, 1.165) is 28.9 Å². The Morgan fingerprint density at radius 1 is 1.21 bits per heavy atom. The van der Waals surface area contributed by atoms with Gasteiger partial charge in [0.1, 0.15) is 11.6 Å². The molecule has 1 aliphatic rings. The smallest absolute Gasteiger partial charge is 0.128 e. The molecular formula is C15H12ClF2N. The van der Waals surface area contributed by atoms with Crippen LogP contribution in [0.4, 0.5) is 14.5 Å². The molecule has 4 heteroatoms. The molecule has 0 aliphatic carbocycles. The third-order valence-electron chi connectivity index (χ3n) is 3.46. The zero-order valence-electron chi connectivity index (χ0n) is 10.3. The van der Waals surface area contributed by atoms with Gasteiger partial charge in [-0.3, -0.25) is 0 Å². The zero-order valence-corrected chi connectivity index (χ0v) is 11.1. The first kappa shape index (κ1) is 12.4. The summed E-state index contributed by atoms with van der Waals surface area (Å²) >= 11 is 6.02. The van der Waals surface area contributed by atoms with E-state index in [4.69, 9.17) is 11.6 Å². The molecular weight excluding hydrogens is 268 g/mol. The molecule has 0 bridgehead atoms. The van der Waals surface area contributed by atoms with Gasteiger partial charge in [0.05, 0.1) is 6.04 Å². The van der Waals surface area contributed by atoms with Crippen LogP contribution >= 0.6 is 11.6 Å². The van der Waals surface area contributed by atoms with Crippen LogP contribution in [0.25, 0.3) is 0 Å². The summed E-state index contributed by atoms with van der Waals surface area (Å²) in [6.07, 6.45) is 0.608. The molecule has 1 heterocycles. The van der Waals surface area contributed by atoms with Crippen molar-refractivity contribution in [2.45, 2.75) is 19.4 Å². The maximum Gasteiger partial charge on any atom is 0.128 e. The molecule has 0 amide bonds. The molecule has 0 saturated carbocycles. The molecule has 2 aromatic carbocycles. The van der Waals surface area contributed by atoms with Crippen molar-refractivity contribution in [2.24, 2.45) is 0 Å². The topological polar surface area (TPSA) is 12.0 Å². The van der Waals surface area contributed by atoms with Gasteiger partial charge < -0.3 is 5.32 Å². The highest BCUT2D eigenvalue weighted by Crippen LogP contribution is 2.38. The van der Waals surface area contributed by atoms with Crippen molar-refractivity contribution in [1.29, 1.82) is 0 Å². The van der Waals surface area contributed by atoms with Gasteiger partial charge in [0.15, 0.2) is 0 Å². The van der Waals surface area contributed by atoms with E-state index < -0.39 is 11.6 Å². The number of hydrogen-bond donors (Lipinski definition) is 1. The van der Waals surface area contributed by atoms with Gasteiger partial charge in [-0.15, -0.1) is 0 Å². The van der Waals surface area contributed by atoms with E-state index in [9.17, 15) is 8.78 Å². The summed E-state index contributed by atoms with van der Waals surface area (Å²) in [4.78, 5) is 0. The monoisotopic (exact) mass is 279 g/mol. The predicted octanol–water partition coefficient (Wildman–Crippen LogP) is 4.64. The Labute approximate surface area is 115 Å². The molecule has 0 aromatic heterocycles. The number of hydrogen-bond acceptors (Lipinski definition) is 1. The molecule has 1 nitrogen and oxygen atoms in total. The average Bonchev–Trinajstić information content (AvgIpc) is 2.76. The fraction of sp³-hybridized carbons (Fsp3) is 0.200. The minimum Gasteiger partial charge on any atom is -0.377 e. The average molecular weight is 280 g/mol. The molecule has 3 rings (SSSR count). The Kier molecular flexibility index (Phi) is 2.94. The van der Waals surface area contributed by atoms with Gasteiger partial charge in [0, 0.05) is 16.3 Å². The van der Waals surface area contributed by atoms with E-state index in [0.29, 0.717) is 17.0 Å². The fourth-order valence-electron chi connectivity index (χ4n) is 2.59. The van der Waals surface area contributed by atoms with Gasteiger partial charge in [-0.1, -0.05) is 11.6 Å². The Bertz CT molecular complexity index is 655. The SMILES string of the molecule is Cc1cc(Cl)cc2c1NC(c1cc(F)ccc1F)C2. The second kappa shape index (κ2) is 4.49. The first-order chi connectivity index (χ1) is 9.04. The Morgan fingerprint density at radius 3 is 2.79 bits per heavy atom. The van der Waals surface area contributed by atoms with Gasteiger partial charge >= 0.3 is 0 Å². The number of benzene rings is 2. The maximum atomic E-state index is 13.8. The summed E-state index contributed by atoms with van der Waals surface area (Å²) in [5.41, 5.74) is 3.38. The number of rotatable bonds is 1. The largest absolute Gasteiger partial charge is 0.377 e. The third-order valence-corrected chi connectivity index (χ3v) is 3.68. The van der Waals surface area contributed by atoms with E-state index in [2.05, 4.69) is 5.32 Å². The van der Waals surface area contributed by atoms with E-state index in [1.807, 2.05) is 19.1 Å². The standard InChI is InChI=1S/C15H12ClF2N/c1-8-4-10(16)5-9-6-14(19-15(8)9)12-7-11(17)2-3-13(12)18/h2-5,7,14,19H,6H2,1H3. The number of halogens is 3. The molecule has 2 aromatic rings. The Hall–Kier alpha value is -1.61. The second-order valence-corrected chi connectivity index (χ2v) is 5.26. The normalized spacial score (nSPS) is 17.2. The van der Waals surface area contributed by atoms with Crippen LogP contribution in [0.1, 0.15) is 22.7 Å². The highest BCUT2D eigenvalue weighted by atomic mass is 35.5. The number of anilines is 1. The molecule has 0 radical (unpaired) electrons. The van der Waals surface area contributed by atoms with Crippen molar-refractivity contribution >= 4 is 17.3 Å². The summed E-state index contributed by atoms with van der Waals surface area (Å²) in [6, 6.07) is 7.02. The minimum atomic E-state index is -0.427. The van der Waals surface area contributed by atoms with Gasteiger partial charge in [-0.25, -0.2) is 8.78 Å². The number of fused-ring (bicyclic) bond motifs is 1. The Morgan fingerprint density at radius 2 is 2.00 bits per heavy atom. The van der Waals surface area contributed by atoms with Gasteiger partial charge in [-0.05, 0) is 54.8 Å². The molecule has 0 saturated heterocycles. The van der Waals surface area contributed by atoms with Crippen LogP contribution in [0.2, 0.25) is 5.02 Å². The molecule has 1 N–H and O–H groups in total. The van der Waals surface area contributed by atoms with Gasteiger partial charge in [-0.2, -0.15) is 0 Å². The fourth-order valence-corrected chi connectivity index (χ4v) is 2.89. The van der Waals surface area contributed by atoms with E-state index in [1.165, 1.54) is 6.07 Å². The third kappa shape index (κ3) is 2.19. The number of nitrogens with one attached hydrogen (secondary N) is 1. The van der Waals surface area contributed by atoms with Crippen LogP contribution in [0, 0.1) is 18.6 Å². The maximum absolute atomic E-state index is 13.8. The summed E-state index contributed by atoms with van der Waals surface area (Å²) in [5, 5.41) is 3.91. The van der Waals surface area contributed by atoms with Crippen LogP contribution in [0.15, 0.2) is 30.3 Å². The summed E-state index contributed by atoms with van der Waals surface area (Å²) < 4.78 is 27.0. The second-order valence-electron chi connectivity index (χ2n) is 4.82. The molecule has 1 atom stereocenters. The molecule has 98 valence electrons. The van der Waals surface area contributed by atoms with E-state index in [1.54, 1.807) is 0 Å². The molecule has 0 fully saturated rings. The zero-order chi connectivity index (χ0) is 13.6. The van der Waals surface area contributed by atoms with Crippen LogP contribution in [0.5, 0.6) is 0 Å². The minimum absolute atomic E-state index is 0.247. The van der Waals surface area contributed by atoms with Crippen molar-refractivity contribution in [2.75, 3.05) is 5.32 Å². The molecule has 1 aliphatic heterocycles. The van der Waals surface area contributed by atoms with Gasteiger partial charge in [0.25, 0.3) is 0 Å². The van der Waals surface area contributed by atoms with Crippen molar-refractivity contribution in [3.63, 3.8) is 0 Å². The summed E-state index contributed by atoms with van der Waals surface area (Å²) in [7, 11) is 0. The van der Waals surface area contributed by atoms with Crippen LogP contribution in [0.3, 0.4) is 0 Å². The first-order valence-electron chi connectivity index (χ1n) is 6.05. The lowest BCUT2D eigenvalue weighted by atomic mass is 10.0. The quantitative estimate of drug-likeness (QED) is 0.802. The molecule has 1 unspecified atom stereocenters. The van der Waals surface area contributed by atoms with Gasteiger partial charge in [0.2, 0.25) is 0 Å². The highest BCUT2D eigenvalue weighted by molar-refractivity contribution is 6.30. The summed E-state index contributed by atoms with van der Waals surface area (Å²) in [5.74, 6) is -0.820. The van der Waals surface area contributed by atoms with Crippen LogP contribution in [-0.2, 0) is 6.42 Å². The van der Waals surface area contributed by atoms with Crippen molar-refractivity contribution in [1.82, 2.24) is 0 Å². The van der Waals surface area contributed by atoms with Crippen molar-refractivity contribution < 1.29 is 8.78 Å². The number of aryl methyl sites for hydroxylation is 1. The lowest BCUT2D eigenvalue weighted by molar-refractivity contribution is 0.573. The summed E-state index contributed by atoms with van der Waals surface area (Å²) in [6.45, 7) is 1.95. The van der Waals surface area contributed by atoms with Crippen LogP contribution in [-0.4, -0.2) is 0 Å². The Balaban J connectivity index is 2.00. The predicted molar refractivity (Wildman–Crippen MR) is 72.6 cm³/mol. The van der Waals surface area contributed by atoms with Crippen molar-refractivity contribution in [3.8, 4) is 0 Å². The van der Waals surface area contributed by atoms with Crippen LogP contribution < -0.4 is 5.32 Å².